The molecule has 7 aromatic rings. The summed E-state index contributed by atoms with van der Waals surface area (Å²) in [6, 6.07) is 14.2. The van der Waals surface area contributed by atoms with Gasteiger partial charge in [0.15, 0.2) is 5.02 Å². The molecule has 0 unspecified atom stereocenters. The quantitative estimate of drug-likeness (QED) is 0.0623. The number of nitro groups is 12. The zero-order valence-electron chi connectivity index (χ0n) is 42.7. The molecule has 92 heavy (non-hydrogen) atoms. The monoisotopic (exact) mass is 1470 g/mol. The SMILES string of the molecule is O=[N+]([O-])c1c(Cl)cccc1Cl.O=[N+]([O-])c1cc(Cl)c([N+](=O)[O-])cc1Cl.O=[N+]([O-])c1cc(Cl)cc([N+](=O)[O-])c1Cl.O=[N+]([O-])c1cc(F)c([N+](=O)[O-])c(F)c1.O=[N+]([O-])c1cc(F)cc([N+](=O)[O-])c1F.O=[N+]([O-])c1ccc(Cl)cc1Cl.O=[N+]([O-])c1ccc(F)c([N+](=O)[O-])c1F. The van der Waals surface area contributed by atoms with Gasteiger partial charge in [0.05, 0.1) is 88.4 Å². The summed E-state index contributed by atoms with van der Waals surface area (Å²) in [5.74, 6) is -9.24. The molecule has 0 spiro atoms. The first-order chi connectivity index (χ1) is 42.4. The lowest BCUT2D eigenvalue weighted by Crippen LogP contribution is -2.00. The predicted octanol–water partition coefficient (Wildman–Crippen LogP) is 16.8. The molecule has 7 aromatic carbocycles. The summed E-state index contributed by atoms with van der Waals surface area (Å²) in [5, 5.41) is 122. The maximum absolute atomic E-state index is 12.9. The molecule has 0 saturated carbocycles. The summed E-state index contributed by atoms with van der Waals surface area (Å²) in [6.45, 7) is 0. The Morgan fingerprint density at radius 2 is 0.609 bits per heavy atom. The first-order valence-corrected chi connectivity index (χ1v) is 24.5. The summed E-state index contributed by atoms with van der Waals surface area (Å²) in [7, 11) is 0. The van der Waals surface area contributed by atoms with Gasteiger partial charge in [0, 0.05) is 41.4 Å². The Kier molecular flexibility index (Phi) is 30.5. The van der Waals surface area contributed by atoms with E-state index in [2.05, 4.69) is 0 Å². The third kappa shape index (κ3) is 23.0. The normalized spacial score (nSPS) is 9.80. The standard InChI is InChI=1S/2C6H2Cl2N2O4.2C6H3Cl2NO2.3C6H2F2N2O4/c7-3-1-5(9(11)12)4(8)2-6(3)10(13)14;7-3-1-4(9(11)12)6(8)5(2-3)10(13)14;7-4-1-2-6(9(10)11)5(8)3-4;7-4-2-1-3-5(8)6(4)9(10)11;7-4-1-3(9(11)12)2-5(8)6(4)10(13)14;7-3-1-4(9(11)12)6(8)5(2-3)10(13)14;7-3-1-2-4(9(11)12)5(8)6(3)10(13)14/h2*1-2H;2*1-3H;3*1-2H. The van der Waals surface area contributed by atoms with E-state index >= 15 is 0 Å². The van der Waals surface area contributed by atoms with Gasteiger partial charge in [0.1, 0.15) is 30.9 Å². The number of non-ortho nitro benzene ring substituents is 1. The number of para-hydroxylation sites is 1. The number of rotatable bonds is 12. The Balaban J connectivity index is 0.000000538. The molecule has 0 bridgehead atoms. The third-order valence-electron chi connectivity index (χ3n) is 9.24. The van der Waals surface area contributed by atoms with Crippen molar-refractivity contribution in [3.63, 3.8) is 0 Å². The van der Waals surface area contributed by atoms with E-state index in [0.29, 0.717) is 29.3 Å². The molecule has 50 heteroatoms. The Morgan fingerprint density at radius 1 is 0.261 bits per heavy atom. The van der Waals surface area contributed by atoms with E-state index in [1.165, 1.54) is 30.3 Å². The second-order valence-corrected chi connectivity index (χ2v) is 18.3. The highest BCUT2D eigenvalue weighted by molar-refractivity contribution is 6.38. The van der Waals surface area contributed by atoms with Crippen LogP contribution >= 0.6 is 92.8 Å². The average Bonchev–Trinajstić information content (AvgIpc) is 0.882. The molecule has 0 amide bonds. The van der Waals surface area contributed by atoms with Crippen molar-refractivity contribution in [2.24, 2.45) is 0 Å². The molecule has 36 nitrogen and oxygen atoms in total. The van der Waals surface area contributed by atoms with Crippen LogP contribution in [0, 0.1) is 156 Å². The van der Waals surface area contributed by atoms with Crippen molar-refractivity contribution in [2.45, 2.75) is 0 Å². The zero-order valence-corrected chi connectivity index (χ0v) is 48.7. The molecule has 0 atom stereocenters. The number of hydrogen-bond acceptors (Lipinski definition) is 24. The van der Waals surface area contributed by atoms with Gasteiger partial charge in [-0.15, -0.1) is 0 Å². The molecule has 0 aliphatic heterocycles. The van der Waals surface area contributed by atoms with Gasteiger partial charge in [0.2, 0.25) is 17.5 Å². The van der Waals surface area contributed by atoms with Crippen LogP contribution in [0.5, 0.6) is 0 Å². The van der Waals surface area contributed by atoms with Crippen LogP contribution in [-0.4, -0.2) is 59.1 Å². The van der Waals surface area contributed by atoms with Crippen LogP contribution in [0.25, 0.3) is 0 Å². The van der Waals surface area contributed by atoms with Crippen molar-refractivity contribution < 1.29 is 85.4 Å². The van der Waals surface area contributed by atoms with E-state index in [-0.39, 0.29) is 53.6 Å². The molecule has 0 radical (unpaired) electrons. The fourth-order valence-corrected chi connectivity index (χ4v) is 7.34. The molecule has 0 heterocycles. The minimum atomic E-state index is -1.78. The molecule has 0 aromatic heterocycles. The highest BCUT2D eigenvalue weighted by atomic mass is 35.5. The van der Waals surface area contributed by atoms with Crippen LogP contribution < -0.4 is 0 Å². The molecule has 486 valence electrons. The van der Waals surface area contributed by atoms with E-state index in [1.807, 2.05) is 0 Å². The molecule has 0 aliphatic carbocycles. The van der Waals surface area contributed by atoms with E-state index in [1.54, 1.807) is 6.07 Å². The molecular formula is C42H16Cl8F6N12O24. The second-order valence-electron chi connectivity index (χ2n) is 15.0. The fraction of sp³-hybridized carbons (Fsp3) is 0. The van der Waals surface area contributed by atoms with Gasteiger partial charge in [0.25, 0.3) is 45.8 Å². The van der Waals surface area contributed by atoms with Crippen molar-refractivity contribution in [1.82, 2.24) is 0 Å². The van der Waals surface area contributed by atoms with Gasteiger partial charge in [-0.25, -0.2) is 4.39 Å². The summed E-state index contributed by atoms with van der Waals surface area (Å²) in [6.07, 6.45) is 0. The van der Waals surface area contributed by atoms with E-state index in [0.717, 1.165) is 24.3 Å². The fourth-order valence-electron chi connectivity index (χ4n) is 5.42. The first-order valence-electron chi connectivity index (χ1n) is 21.5. The second kappa shape index (κ2) is 35.4. The Morgan fingerprint density at radius 3 is 0.924 bits per heavy atom. The van der Waals surface area contributed by atoms with Crippen molar-refractivity contribution >= 4 is 161 Å². The lowest BCUT2D eigenvalue weighted by atomic mass is 10.2. The molecule has 0 saturated heterocycles. The first kappa shape index (κ1) is 79.3. The van der Waals surface area contributed by atoms with Crippen LogP contribution in [0.15, 0.2) is 97.1 Å². The molecule has 0 fully saturated rings. The van der Waals surface area contributed by atoms with Gasteiger partial charge >= 0.3 is 34.1 Å². The molecule has 7 rings (SSSR count). The largest absolute Gasteiger partial charge is 0.347 e. The predicted molar refractivity (Wildman–Crippen MR) is 305 cm³/mol. The van der Waals surface area contributed by atoms with Crippen molar-refractivity contribution in [1.29, 1.82) is 0 Å². The smallest absolute Gasteiger partial charge is 0.258 e. The minimum absolute atomic E-state index is 0.0579. The average molecular weight is 1470 g/mol. The van der Waals surface area contributed by atoms with Gasteiger partial charge in [-0.05, 0) is 30.3 Å². The van der Waals surface area contributed by atoms with Crippen LogP contribution in [0.4, 0.5) is 94.6 Å². The van der Waals surface area contributed by atoms with Crippen LogP contribution in [-0.2, 0) is 0 Å². The number of benzene rings is 7. The maximum atomic E-state index is 12.9. The number of hydrogen-bond donors (Lipinski definition) is 0. The summed E-state index contributed by atoms with van der Waals surface area (Å²) in [4.78, 5) is 111. The summed E-state index contributed by atoms with van der Waals surface area (Å²) >= 11 is 43.8. The Labute approximate surface area is 537 Å². The van der Waals surface area contributed by atoms with Gasteiger partial charge in [-0.3, -0.25) is 121 Å². The van der Waals surface area contributed by atoms with Crippen LogP contribution in [0.2, 0.25) is 40.2 Å². The highest BCUT2D eigenvalue weighted by Gasteiger charge is 2.31. The van der Waals surface area contributed by atoms with Crippen molar-refractivity contribution in [3.05, 3.63) is 294 Å². The number of halogens is 14. The van der Waals surface area contributed by atoms with E-state index in [9.17, 15) is 148 Å². The van der Waals surface area contributed by atoms with Gasteiger partial charge < -0.3 is 0 Å². The van der Waals surface area contributed by atoms with Crippen molar-refractivity contribution in [3.8, 4) is 0 Å². The van der Waals surface area contributed by atoms with E-state index in [4.69, 9.17) is 92.8 Å². The topological polar surface area (TPSA) is 518 Å². The maximum Gasteiger partial charge on any atom is 0.347 e. The Hall–Kier alpha value is -10.8. The van der Waals surface area contributed by atoms with Crippen LogP contribution in [0.1, 0.15) is 0 Å². The molecule has 0 aliphatic rings. The van der Waals surface area contributed by atoms with Gasteiger partial charge in [-0.2, -0.15) is 22.0 Å². The molecule has 0 N–H and O–H groups in total. The third-order valence-corrected chi connectivity index (χ3v) is 11.6. The number of nitrogens with zero attached hydrogens (tertiary/aromatic N) is 12. The zero-order chi connectivity index (χ0) is 71.3. The summed E-state index contributed by atoms with van der Waals surface area (Å²) in [5.41, 5.74) is -9.85. The van der Waals surface area contributed by atoms with E-state index < -0.39 is 156 Å². The van der Waals surface area contributed by atoms with Crippen molar-refractivity contribution in [2.75, 3.05) is 0 Å². The lowest BCUT2D eigenvalue weighted by Gasteiger charge is -1.97. The molecular weight excluding hydrogens is 1450 g/mol. The Bertz CT molecular complexity index is 3940. The minimum Gasteiger partial charge on any atom is -0.258 e. The lowest BCUT2D eigenvalue weighted by molar-refractivity contribution is -0.401. The van der Waals surface area contributed by atoms with Crippen LogP contribution in [0.3, 0.4) is 0 Å². The summed E-state index contributed by atoms with van der Waals surface area (Å²) < 4.78 is 76.5. The number of nitro benzene ring substituents is 12. The highest BCUT2D eigenvalue weighted by Crippen LogP contribution is 2.38. The van der Waals surface area contributed by atoms with Gasteiger partial charge in [-0.1, -0.05) is 98.9 Å².